The van der Waals surface area contributed by atoms with E-state index in [-0.39, 0.29) is 11.3 Å². The van der Waals surface area contributed by atoms with E-state index in [0.717, 1.165) is 43.5 Å². The van der Waals surface area contributed by atoms with Crippen molar-refractivity contribution >= 4 is 15.7 Å². The molecule has 1 aromatic carbocycles. The molecule has 1 unspecified atom stereocenters. The quantitative estimate of drug-likeness (QED) is 0.322. The van der Waals surface area contributed by atoms with E-state index in [9.17, 15) is 36.0 Å². The molecule has 0 aromatic heterocycles. The number of carbonyl (C=O) groups is 1. The summed E-state index contributed by atoms with van der Waals surface area (Å²) in [4.78, 5) is 12.8. The summed E-state index contributed by atoms with van der Waals surface area (Å²) in [6.07, 6.45) is -0.420. The predicted molar refractivity (Wildman–Crippen MR) is 115 cm³/mol. The highest BCUT2D eigenvalue weighted by atomic mass is 32.2. The number of amides is 1. The molecule has 0 heterocycles. The topological polar surface area (TPSA) is 99.1 Å². The highest BCUT2D eigenvalue weighted by molar-refractivity contribution is 7.91. The summed E-state index contributed by atoms with van der Waals surface area (Å²) in [6.45, 7) is 2.01. The number of nitrogens with zero attached hydrogens (tertiary/aromatic N) is 1. The summed E-state index contributed by atoms with van der Waals surface area (Å²) < 4.78 is 79.9. The number of carbonyl (C=O) groups excluding carboxylic acids is 1. The maximum Gasteiger partial charge on any atom is 0.407 e. The van der Waals surface area contributed by atoms with Crippen LogP contribution in [0, 0.1) is 17.1 Å². The Morgan fingerprint density at radius 1 is 1.15 bits per heavy atom. The number of halogens is 4. The van der Waals surface area contributed by atoms with Gasteiger partial charge in [-0.1, -0.05) is 44.7 Å². The number of unbranched alkanes of at least 4 members (excludes halogenated alkanes) is 4. The predicted octanol–water partition coefficient (Wildman–Crippen LogP) is 3.94. The fourth-order valence-corrected chi connectivity index (χ4v) is 4.98. The van der Waals surface area contributed by atoms with E-state index in [4.69, 9.17) is 0 Å². The van der Waals surface area contributed by atoms with Gasteiger partial charge in [0.15, 0.2) is 9.84 Å². The minimum absolute atomic E-state index is 0.251. The lowest BCUT2D eigenvalue weighted by atomic mass is 10.0. The maximum absolute atomic E-state index is 13.8. The van der Waals surface area contributed by atoms with Crippen LogP contribution in [0.3, 0.4) is 0 Å². The molecule has 0 radical (unpaired) electrons. The molecule has 1 aliphatic carbocycles. The molecular weight excluding hydrogens is 462 g/mol. The number of hydrogen-bond acceptors (Lipinski definition) is 5. The molecule has 11 heteroatoms. The number of nitrogens with one attached hydrogen (secondary N) is 2. The van der Waals surface area contributed by atoms with Crippen molar-refractivity contribution in [2.24, 2.45) is 0 Å². The Kier molecular flexibility index (Phi) is 9.26. The second-order valence-electron chi connectivity index (χ2n) is 8.46. The highest BCUT2D eigenvalue weighted by Crippen LogP contribution is 2.35. The van der Waals surface area contributed by atoms with E-state index in [0.29, 0.717) is 25.7 Å². The monoisotopic (exact) mass is 491 g/mol. The van der Waals surface area contributed by atoms with Crippen LogP contribution in [0.1, 0.15) is 63.5 Å². The van der Waals surface area contributed by atoms with Crippen LogP contribution >= 0.6 is 0 Å². The highest BCUT2D eigenvalue weighted by Gasteiger charge is 2.48. The molecule has 0 saturated heterocycles. The molecule has 1 aromatic rings. The zero-order valence-corrected chi connectivity index (χ0v) is 19.2. The number of nitriles is 1. The van der Waals surface area contributed by atoms with Crippen LogP contribution < -0.4 is 10.6 Å². The van der Waals surface area contributed by atoms with Gasteiger partial charge >= 0.3 is 6.18 Å². The second kappa shape index (κ2) is 11.3. The molecule has 2 rings (SSSR count). The van der Waals surface area contributed by atoms with Crippen LogP contribution in [-0.2, 0) is 14.6 Å². The lowest BCUT2D eigenvalue weighted by Gasteiger charge is -2.28. The van der Waals surface area contributed by atoms with Gasteiger partial charge in [0.05, 0.1) is 17.6 Å². The molecule has 1 amide bonds. The summed E-state index contributed by atoms with van der Waals surface area (Å²) in [5.41, 5.74) is -1.54. The van der Waals surface area contributed by atoms with Crippen LogP contribution in [-0.4, -0.2) is 43.6 Å². The first-order valence-electron chi connectivity index (χ1n) is 10.9. The van der Waals surface area contributed by atoms with Gasteiger partial charge in [-0.2, -0.15) is 18.4 Å². The van der Waals surface area contributed by atoms with Crippen molar-refractivity contribution in [1.29, 1.82) is 5.26 Å². The maximum atomic E-state index is 13.8. The summed E-state index contributed by atoms with van der Waals surface area (Å²) in [6, 6.07) is 1.32. The van der Waals surface area contributed by atoms with Crippen LogP contribution in [0.15, 0.2) is 24.3 Å². The molecule has 33 heavy (non-hydrogen) atoms. The van der Waals surface area contributed by atoms with Gasteiger partial charge in [0.1, 0.15) is 23.4 Å². The third-order valence-electron chi connectivity index (χ3n) is 5.52. The lowest BCUT2D eigenvalue weighted by Crippen LogP contribution is -2.54. The van der Waals surface area contributed by atoms with Crippen LogP contribution in [0.2, 0.25) is 0 Å². The molecule has 2 atom stereocenters. The van der Waals surface area contributed by atoms with Crippen molar-refractivity contribution in [3.8, 4) is 6.07 Å². The molecular formula is C22H29F4N3O3S. The third-order valence-corrected chi connectivity index (χ3v) is 7.27. The zero-order chi connectivity index (χ0) is 24.7. The summed E-state index contributed by atoms with van der Waals surface area (Å²) in [5.74, 6) is -2.81. The average Bonchev–Trinajstić information content (AvgIpc) is 3.50. The Bertz CT molecular complexity index is 939. The van der Waals surface area contributed by atoms with Crippen LogP contribution in [0.4, 0.5) is 17.6 Å². The lowest BCUT2D eigenvalue weighted by molar-refractivity contribution is -0.160. The minimum Gasteiger partial charge on any atom is -0.336 e. The molecule has 1 fully saturated rings. The smallest absolute Gasteiger partial charge is 0.336 e. The molecule has 6 nitrogen and oxygen atoms in total. The molecule has 184 valence electrons. The minimum atomic E-state index is -4.88. The van der Waals surface area contributed by atoms with Gasteiger partial charge in [-0.25, -0.2) is 12.8 Å². The Labute approximate surface area is 191 Å². The summed E-state index contributed by atoms with van der Waals surface area (Å²) in [5, 5.41) is 13.7. The number of sulfone groups is 1. The number of rotatable bonds is 13. The standard InChI is InChI=1S/C22H29F4N3O3S/c1-2-3-4-5-6-13-33(31,32)14-18(20(30)29-21(15-27)11-12-21)28-19(22(24,25)26)16-7-9-17(23)10-8-16/h7-10,18-19,28H,2-6,11-14H2,1H3,(H,29,30)/t18?,19-/m1/s1. The van der Waals surface area contributed by atoms with Crippen molar-refractivity contribution in [3.05, 3.63) is 35.6 Å². The van der Waals surface area contributed by atoms with Crippen LogP contribution in [0.25, 0.3) is 0 Å². The van der Waals surface area contributed by atoms with Crippen molar-refractivity contribution < 1.29 is 30.8 Å². The first kappa shape index (κ1) is 27.1. The molecule has 0 spiro atoms. The first-order chi connectivity index (χ1) is 15.4. The summed E-state index contributed by atoms with van der Waals surface area (Å²) >= 11 is 0. The van der Waals surface area contributed by atoms with E-state index in [1.54, 1.807) is 0 Å². The van der Waals surface area contributed by atoms with Gasteiger partial charge in [0.2, 0.25) is 5.91 Å². The molecule has 0 bridgehead atoms. The van der Waals surface area contributed by atoms with Gasteiger partial charge in [0.25, 0.3) is 0 Å². The Morgan fingerprint density at radius 2 is 1.76 bits per heavy atom. The van der Waals surface area contributed by atoms with E-state index in [1.165, 1.54) is 0 Å². The van der Waals surface area contributed by atoms with Crippen molar-refractivity contribution in [2.45, 2.75) is 75.7 Å². The number of benzene rings is 1. The molecule has 1 saturated carbocycles. The Morgan fingerprint density at radius 3 is 2.27 bits per heavy atom. The van der Waals surface area contributed by atoms with E-state index in [2.05, 4.69) is 10.6 Å². The number of hydrogen-bond donors (Lipinski definition) is 2. The summed E-state index contributed by atoms with van der Waals surface area (Å²) in [7, 11) is -3.87. The van der Waals surface area contributed by atoms with Crippen molar-refractivity contribution in [3.63, 3.8) is 0 Å². The van der Waals surface area contributed by atoms with Gasteiger partial charge in [-0.15, -0.1) is 0 Å². The fraction of sp³-hybridized carbons (Fsp3) is 0.636. The Hall–Kier alpha value is -2.19. The van der Waals surface area contributed by atoms with E-state index >= 15 is 0 Å². The second-order valence-corrected chi connectivity index (χ2v) is 10.7. The number of alkyl halides is 3. The van der Waals surface area contributed by atoms with Gasteiger partial charge in [-0.05, 0) is 37.0 Å². The Balaban J connectivity index is 2.22. The van der Waals surface area contributed by atoms with Gasteiger partial charge in [0, 0.05) is 0 Å². The SMILES string of the molecule is CCCCCCCS(=O)(=O)CC(N[C@H](c1ccc(F)cc1)C(F)(F)F)C(=O)NC1(C#N)CC1. The van der Waals surface area contributed by atoms with E-state index in [1.807, 2.05) is 13.0 Å². The molecule has 2 N–H and O–H groups in total. The first-order valence-corrected chi connectivity index (χ1v) is 12.8. The molecule has 1 aliphatic rings. The largest absolute Gasteiger partial charge is 0.407 e. The van der Waals surface area contributed by atoms with Crippen molar-refractivity contribution in [1.82, 2.24) is 10.6 Å². The third kappa shape index (κ3) is 8.59. The fourth-order valence-electron chi connectivity index (χ4n) is 3.41. The van der Waals surface area contributed by atoms with E-state index < -0.39 is 51.1 Å². The van der Waals surface area contributed by atoms with Gasteiger partial charge < -0.3 is 5.32 Å². The normalized spacial score (nSPS) is 17.1. The molecule has 0 aliphatic heterocycles. The van der Waals surface area contributed by atoms with Crippen molar-refractivity contribution in [2.75, 3.05) is 11.5 Å². The van der Waals surface area contributed by atoms with Crippen LogP contribution in [0.5, 0.6) is 0 Å². The average molecular weight is 492 g/mol. The zero-order valence-electron chi connectivity index (χ0n) is 18.4. The van der Waals surface area contributed by atoms with Gasteiger partial charge in [-0.3, -0.25) is 10.1 Å².